The third-order valence-corrected chi connectivity index (χ3v) is 6.56. The second kappa shape index (κ2) is 10.1. The molecule has 1 aliphatic carbocycles. The highest BCUT2D eigenvalue weighted by molar-refractivity contribution is 5.90. The number of unbranched alkanes of at least 4 members (excludes halogenated alkanes) is 1. The molecule has 3 fully saturated rings. The van der Waals surface area contributed by atoms with E-state index in [1.807, 2.05) is 4.90 Å². The number of likely N-dealkylation sites (tertiary alicyclic amines) is 1. The summed E-state index contributed by atoms with van der Waals surface area (Å²) in [5.41, 5.74) is 10.6. The number of nitrogens with zero attached hydrogens (tertiary/aromatic N) is 2. The molecule has 0 aromatic rings. The fraction of sp³-hybridized carbons (Fsp3) is 0.850. The van der Waals surface area contributed by atoms with E-state index >= 15 is 0 Å². The van der Waals surface area contributed by atoms with Crippen LogP contribution in [0.3, 0.4) is 0 Å². The lowest BCUT2D eigenvalue weighted by Gasteiger charge is -2.43. The predicted octanol–water partition coefficient (Wildman–Crippen LogP) is 0.316. The SMILES string of the molecule is NC(N)=NCCCCNC(=O)[C@@H]1CCCN1C(=O)[C@@H]1NCC[C@H]2CCCCC21. The zero-order valence-electron chi connectivity index (χ0n) is 16.9. The molecule has 4 atom stereocenters. The van der Waals surface area contributed by atoms with E-state index in [1.54, 1.807) is 0 Å². The van der Waals surface area contributed by atoms with Gasteiger partial charge in [0.2, 0.25) is 11.8 Å². The van der Waals surface area contributed by atoms with Crippen molar-refractivity contribution in [1.82, 2.24) is 15.5 Å². The zero-order chi connectivity index (χ0) is 19.9. The van der Waals surface area contributed by atoms with Gasteiger partial charge in [-0.25, -0.2) is 0 Å². The molecule has 3 rings (SSSR count). The Balaban J connectivity index is 1.49. The highest BCUT2D eigenvalue weighted by Crippen LogP contribution is 2.37. The predicted molar refractivity (Wildman–Crippen MR) is 110 cm³/mol. The minimum Gasteiger partial charge on any atom is -0.370 e. The normalized spacial score (nSPS) is 29.8. The maximum Gasteiger partial charge on any atom is 0.242 e. The van der Waals surface area contributed by atoms with Crippen LogP contribution in [0.1, 0.15) is 57.8 Å². The second-order valence-electron chi connectivity index (χ2n) is 8.42. The lowest BCUT2D eigenvalue weighted by atomic mass is 9.71. The molecule has 2 aliphatic heterocycles. The topological polar surface area (TPSA) is 126 Å². The van der Waals surface area contributed by atoms with E-state index in [0.29, 0.717) is 31.5 Å². The number of amides is 2. The Morgan fingerprint density at radius 2 is 1.89 bits per heavy atom. The second-order valence-corrected chi connectivity index (χ2v) is 8.42. The number of fused-ring (bicyclic) bond motifs is 1. The van der Waals surface area contributed by atoms with Gasteiger partial charge in [0, 0.05) is 19.6 Å². The number of hydrogen-bond donors (Lipinski definition) is 4. The number of rotatable bonds is 7. The molecule has 3 aliphatic rings. The summed E-state index contributed by atoms with van der Waals surface area (Å²) in [6.45, 7) is 2.76. The molecule has 1 unspecified atom stereocenters. The van der Waals surface area contributed by atoms with Crippen molar-refractivity contribution in [1.29, 1.82) is 0 Å². The fourth-order valence-corrected chi connectivity index (χ4v) is 5.14. The van der Waals surface area contributed by atoms with Gasteiger partial charge in [-0.05, 0) is 56.9 Å². The molecular formula is C20H36N6O2. The highest BCUT2D eigenvalue weighted by atomic mass is 16.2. The third-order valence-electron chi connectivity index (χ3n) is 6.56. The van der Waals surface area contributed by atoms with Gasteiger partial charge in [-0.3, -0.25) is 14.6 Å². The van der Waals surface area contributed by atoms with Crippen LogP contribution < -0.4 is 22.1 Å². The average Bonchev–Trinajstić information content (AvgIpc) is 3.19. The first-order valence-corrected chi connectivity index (χ1v) is 10.9. The monoisotopic (exact) mass is 392 g/mol. The summed E-state index contributed by atoms with van der Waals surface area (Å²) in [4.78, 5) is 31.7. The number of carbonyl (C=O) groups excluding carboxylic acids is 2. The van der Waals surface area contributed by atoms with Crippen molar-refractivity contribution in [2.24, 2.45) is 28.3 Å². The lowest BCUT2D eigenvalue weighted by molar-refractivity contribution is -0.142. The third kappa shape index (κ3) is 5.16. The molecule has 0 spiro atoms. The zero-order valence-corrected chi connectivity index (χ0v) is 16.9. The van der Waals surface area contributed by atoms with Gasteiger partial charge in [0.05, 0.1) is 6.04 Å². The van der Waals surface area contributed by atoms with Crippen LogP contribution in [0.15, 0.2) is 4.99 Å². The molecule has 0 radical (unpaired) electrons. The summed E-state index contributed by atoms with van der Waals surface area (Å²) < 4.78 is 0. The van der Waals surface area contributed by atoms with Crippen molar-refractivity contribution >= 4 is 17.8 Å². The number of carbonyl (C=O) groups is 2. The first kappa shape index (κ1) is 20.9. The molecule has 2 saturated heterocycles. The molecule has 0 aromatic carbocycles. The Kier molecular flexibility index (Phi) is 7.53. The minimum atomic E-state index is -0.323. The van der Waals surface area contributed by atoms with Crippen molar-refractivity contribution in [3.8, 4) is 0 Å². The highest BCUT2D eigenvalue weighted by Gasteiger charge is 2.43. The first-order valence-electron chi connectivity index (χ1n) is 10.9. The molecule has 0 bridgehead atoms. The molecule has 8 heteroatoms. The average molecular weight is 393 g/mol. The molecule has 6 N–H and O–H groups in total. The Morgan fingerprint density at radius 3 is 2.71 bits per heavy atom. The smallest absolute Gasteiger partial charge is 0.242 e. The molecular weight excluding hydrogens is 356 g/mol. The van der Waals surface area contributed by atoms with Crippen molar-refractivity contribution in [2.75, 3.05) is 26.2 Å². The van der Waals surface area contributed by atoms with Gasteiger partial charge in [0.25, 0.3) is 0 Å². The number of nitrogens with two attached hydrogens (primary N) is 2. The number of hydrogen-bond acceptors (Lipinski definition) is 4. The summed E-state index contributed by atoms with van der Waals surface area (Å²) in [5.74, 6) is 1.32. The van der Waals surface area contributed by atoms with E-state index in [4.69, 9.17) is 11.5 Å². The van der Waals surface area contributed by atoms with E-state index < -0.39 is 0 Å². The van der Waals surface area contributed by atoms with E-state index in [0.717, 1.165) is 38.6 Å². The van der Waals surface area contributed by atoms with Crippen molar-refractivity contribution < 1.29 is 9.59 Å². The van der Waals surface area contributed by atoms with Crippen molar-refractivity contribution in [2.45, 2.75) is 69.9 Å². The van der Waals surface area contributed by atoms with Gasteiger partial charge in [-0.1, -0.05) is 19.3 Å². The Hall–Kier alpha value is -1.83. The van der Waals surface area contributed by atoms with Crippen LogP contribution in [0.4, 0.5) is 0 Å². The standard InChI is InChI=1S/C20H36N6O2/c21-20(22)25-11-4-3-10-24-18(27)16-8-5-13-26(16)19(28)17-15-7-2-1-6-14(15)9-12-23-17/h14-17,23H,1-13H2,(H,24,27)(H4,21,22,25)/t14-,15?,16+,17-/m1/s1. The largest absolute Gasteiger partial charge is 0.370 e. The van der Waals surface area contributed by atoms with E-state index in [9.17, 15) is 9.59 Å². The summed E-state index contributed by atoms with van der Waals surface area (Å²) in [6, 6.07) is -0.428. The van der Waals surface area contributed by atoms with Crippen molar-refractivity contribution in [3.05, 3.63) is 0 Å². The quantitative estimate of drug-likeness (QED) is 0.282. The Bertz CT molecular complexity index is 575. The summed E-state index contributed by atoms with van der Waals surface area (Å²) in [5, 5.41) is 6.47. The molecule has 1 saturated carbocycles. The number of aliphatic imine (C=N–C) groups is 1. The van der Waals surface area contributed by atoms with Crippen LogP contribution in [0.25, 0.3) is 0 Å². The van der Waals surface area contributed by atoms with Gasteiger partial charge in [-0.15, -0.1) is 0 Å². The molecule has 28 heavy (non-hydrogen) atoms. The van der Waals surface area contributed by atoms with Crippen LogP contribution in [-0.4, -0.2) is 60.9 Å². The maximum absolute atomic E-state index is 13.3. The van der Waals surface area contributed by atoms with Crippen LogP contribution >= 0.6 is 0 Å². The molecule has 158 valence electrons. The van der Waals surface area contributed by atoms with E-state index in [1.165, 1.54) is 25.7 Å². The minimum absolute atomic E-state index is 0.0244. The lowest BCUT2D eigenvalue weighted by Crippen LogP contribution is -2.58. The molecule has 8 nitrogen and oxygen atoms in total. The molecule has 2 amide bonds. The summed E-state index contributed by atoms with van der Waals surface area (Å²) >= 11 is 0. The fourth-order valence-electron chi connectivity index (χ4n) is 5.14. The van der Waals surface area contributed by atoms with Gasteiger partial charge >= 0.3 is 0 Å². The van der Waals surface area contributed by atoms with Crippen LogP contribution in [-0.2, 0) is 9.59 Å². The van der Waals surface area contributed by atoms with Crippen LogP contribution in [0, 0.1) is 11.8 Å². The van der Waals surface area contributed by atoms with E-state index in [2.05, 4.69) is 15.6 Å². The van der Waals surface area contributed by atoms with Gasteiger partial charge in [0.1, 0.15) is 6.04 Å². The van der Waals surface area contributed by atoms with Crippen molar-refractivity contribution in [3.63, 3.8) is 0 Å². The van der Waals surface area contributed by atoms with Gasteiger partial charge < -0.3 is 27.0 Å². The van der Waals surface area contributed by atoms with Gasteiger partial charge in [0.15, 0.2) is 5.96 Å². The van der Waals surface area contributed by atoms with Crippen LogP contribution in [0.5, 0.6) is 0 Å². The van der Waals surface area contributed by atoms with E-state index in [-0.39, 0.29) is 29.9 Å². The summed E-state index contributed by atoms with van der Waals surface area (Å²) in [7, 11) is 0. The van der Waals surface area contributed by atoms with Gasteiger partial charge in [-0.2, -0.15) is 0 Å². The first-order chi connectivity index (χ1) is 13.6. The molecule has 0 aromatic heterocycles. The summed E-state index contributed by atoms with van der Waals surface area (Å²) in [6.07, 6.45) is 9.36. The van der Waals surface area contributed by atoms with Crippen LogP contribution in [0.2, 0.25) is 0 Å². The number of piperidine rings is 1. The number of nitrogens with one attached hydrogen (secondary N) is 2. The number of guanidine groups is 1. The Labute approximate surface area is 167 Å². The molecule has 2 heterocycles. The maximum atomic E-state index is 13.3. The Morgan fingerprint density at radius 1 is 1.07 bits per heavy atom.